The van der Waals surface area contributed by atoms with Crippen LogP contribution in [-0.4, -0.2) is 23.2 Å². The van der Waals surface area contributed by atoms with Crippen LogP contribution in [0.3, 0.4) is 0 Å². The normalized spacial score (nSPS) is 16.0. The van der Waals surface area contributed by atoms with Crippen molar-refractivity contribution < 1.29 is 0 Å². The van der Waals surface area contributed by atoms with Crippen LogP contribution in [0, 0.1) is 0 Å². The Morgan fingerprint density at radius 2 is 0.906 bits per heavy atom. The van der Waals surface area contributed by atoms with Crippen LogP contribution in [0.5, 0.6) is 0 Å². The largest absolute Gasteiger partial charge is 0.397 e. The van der Waals surface area contributed by atoms with Gasteiger partial charge in [-0.15, -0.1) is 0 Å². The Morgan fingerprint density at radius 3 is 1.45 bits per heavy atom. The number of hydrogen-bond donors (Lipinski definition) is 0. The second-order valence-corrected chi connectivity index (χ2v) is 17.3. The smallest absolute Gasteiger partial charge is 0.276 e. The summed E-state index contributed by atoms with van der Waals surface area (Å²) in [5.74, 6) is 0.769. The SMILES string of the molecule is C1=CC([Si+](c2nc3nc4ccccc4n3c3cc4c(cc23)-c2ccccc2C2(c3ccccc3-4)c3ccccc3-c3ccccc32)C2C=CC=C2)C=C1. The highest BCUT2D eigenvalue weighted by atomic mass is 28.3. The van der Waals surface area contributed by atoms with Gasteiger partial charge in [0.05, 0.1) is 27.4 Å². The fourth-order valence-corrected chi connectivity index (χ4v) is 13.1. The molecule has 0 saturated carbocycles. The third kappa shape index (κ3) is 3.83. The van der Waals surface area contributed by atoms with Crippen molar-refractivity contribution in [3.63, 3.8) is 0 Å². The van der Waals surface area contributed by atoms with Gasteiger partial charge in [-0.25, -0.2) is 4.98 Å². The first-order chi connectivity index (χ1) is 26.3. The number of para-hydroxylation sites is 2. The maximum atomic E-state index is 5.59. The lowest BCUT2D eigenvalue weighted by molar-refractivity contribution is 0.775. The zero-order valence-corrected chi connectivity index (χ0v) is 29.8. The third-order valence-corrected chi connectivity index (χ3v) is 15.2. The average Bonchev–Trinajstić information content (AvgIpc) is 4.04. The maximum absolute atomic E-state index is 5.59. The van der Waals surface area contributed by atoms with E-state index in [1.807, 2.05) is 0 Å². The molecule has 53 heavy (non-hydrogen) atoms. The number of hydrogen-bond acceptors (Lipinski definition) is 2. The summed E-state index contributed by atoms with van der Waals surface area (Å²) in [6.45, 7) is 0. The van der Waals surface area contributed by atoms with Crippen LogP contribution in [-0.2, 0) is 5.41 Å². The summed E-state index contributed by atoms with van der Waals surface area (Å²) < 4.78 is 2.31. The Morgan fingerprint density at radius 1 is 0.453 bits per heavy atom. The second kappa shape index (κ2) is 10.8. The van der Waals surface area contributed by atoms with E-state index in [1.165, 1.54) is 66.3 Å². The molecule has 0 N–H and O–H groups in total. The van der Waals surface area contributed by atoms with E-state index in [1.54, 1.807) is 0 Å². The summed E-state index contributed by atoms with van der Waals surface area (Å²) in [6, 6.07) is 49.9. The quantitative estimate of drug-likeness (QED) is 0.173. The minimum Gasteiger partial charge on any atom is -0.276 e. The number of imidazole rings is 1. The molecule has 0 saturated heterocycles. The summed E-state index contributed by atoms with van der Waals surface area (Å²) in [6.07, 6.45) is 18.3. The molecule has 0 unspecified atom stereocenters. The van der Waals surface area contributed by atoms with Gasteiger partial charge in [0.25, 0.3) is 0 Å². The van der Waals surface area contributed by atoms with Crippen LogP contribution in [0.25, 0.3) is 61.1 Å². The van der Waals surface area contributed by atoms with E-state index in [-0.39, 0.29) is 0 Å². The topological polar surface area (TPSA) is 30.2 Å². The molecule has 1 spiro atoms. The molecule has 4 aliphatic carbocycles. The van der Waals surface area contributed by atoms with Gasteiger partial charge >= 0.3 is 8.80 Å². The highest BCUT2D eigenvalue weighted by molar-refractivity contribution is 6.79. The molecule has 12 rings (SSSR count). The maximum Gasteiger partial charge on any atom is 0.397 e. The van der Waals surface area contributed by atoms with Crippen molar-refractivity contribution in [2.75, 3.05) is 0 Å². The average molecular weight is 691 g/mol. The van der Waals surface area contributed by atoms with Crippen molar-refractivity contribution in [3.8, 4) is 33.4 Å². The predicted molar refractivity (Wildman–Crippen MR) is 219 cm³/mol. The predicted octanol–water partition coefficient (Wildman–Crippen LogP) is 10.7. The van der Waals surface area contributed by atoms with Crippen LogP contribution < -0.4 is 5.32 Å². The lowest BCUT2D eigenvalue weighted by Gasteiger charge is -2.35. The summed E-state index contributed by atoms with van der Waals surface area (Å²) in [7, 11) is -1.31. The molecule has 8 aromatic rings. The third-order valence-electron chi connectivity index (χ3n) is 12.1. The Kier molecular flexibility index (Phi) is 5.97. The zero-order valence-electron chi connectivity index (χ0n) is 28.8. The molecule has 2 aromatic heterocycles. The van der Waals surface area contributed by atoms with E-state index >= 15 is 0 Å². The van der Waals surface area contributed by atoms with Gasteiger partial charge in [0.1, 0.15) is 11.1 Å². The molecule has 6 aromatic carbocycles. The van der Waals surface area contributed by atoms with Gasteiger partial charge in [-0.2, -0.15) is 4.98 Å². The molecule has 0 radical (unpaired) electrons. The Labute approximate surface area is 309 Å². The minimum atomic E-state index is -1.31. The lowest BCUT2D eigenvalue weighted by atomic mass is 9.66. The van der Waals surface area contributed by atoms with Crippen molar-refractivity contribution in [1.82, 2.24) is 14.4 Å². The van der Waals surface area contributed by atoms with Crippen molar-refractivity contribution in [3.05, 3.63) is 204 Å². The van der Waals surface area contributed by atoms with Gasteiger partial charge in [0.2, 0.25) is 5.78 Å². The molecule has 0 amide bonds. The highest BCUT2D eigenvalue weighted by Crippen LogP contribution is 2.61. The monoisotopic (exact) mass is 690 g/mol. The molecule has 2 heterocycles. The van der Waals surface area contributed by atoms with Crippen LogP contribution in [0.1, 0.15) is 22.3 Å². The molecule has 246 valence electrons. The lowest BCUT2D eigenvalue weighted by Crippen LogP contribution is -2.40. The Bertz CT molecular complexity index is 2900. The fourth-order valence-electron chi connectivity index (χ4n) is 9.98. The number of aromatic nitrogens is 3. The number of rotatable bonds is 3. The molecule has 0 bridgehead atoms. The molecule has 3 nitrogen and oxygen atoms in total. The molecule has 0 aliphatic heterocycles. The van der Waals surface area contributed by atoms with E-state index in [4.69, 9.17) is 9.97 Å². The first-order valence-electron chi connectivity index (χ1n) is 18.5. The number of allylic oxidation sites excluding steroid dienone is 8. The first kappa shape index (κ1) is 29.2. The first-order valence-corrected chi connectivity index (χ1v) is 20.2. The minimum absolute atomic E-state index is 0.321. The fraction of sp³-hybridized carbons (Fsp3) is 0.0612. The van der Waals surface area contributed by atoms with Crippen molar-refractivity contribution >= 4 is 41.8 Å². The van der Waals surface area contributed by atoms with E-state index in [0.717, 1.165) is 22.3 Å². The second-order valence-electron chi connectivity index (χ2n) is 14.6. The van der Waals surface area contributed by atoms with Crippen LogP contribution in [0.4, 0.5) is 0 Å². The van der Waals surface area contributed by atoms with Crippen LogP contribution in [0.15, 0.2) is 182 Å². The van der Waals surface area contributed by atoms with Gasteiger partial charge < -0.3 is 0 Å². The van der Waals surface area contributed by atoms with Crippen LogP contribution >= 0.6 is 0 Å². The van der Waals surface area contributed by atoms with E-state index in [9.17, 15) is 0 Å². The van der Waals surface area contributed by atoms with Crippen molar-refractivity contribution in [2.45, 2.75) is 16.5 Å². The Balaban J connectivity index is 1.26. The molecule has 4 aliphatic rings. The summed E-state index contributed by atoms with van der Waals surface area (Å²) in [4.78, 5) is 10.8. The number of nitrogens with zero attached hydrogens (tertiary/aromatic N) is 3. The van der Waals surface area contributed by atoms with Gasteiger partial charge in [-0.1, -0.05) is 133 Å². The van der Waals surface area contributed by atoms with Crippen LogP contribution in [0.2, 0.25) is 11.1 Å². The number of benzene rings is 6. The summed E-state index contributed by atoms with van der Waals surface area (Å²) in [5, 5.41) is 2.41. The molecular weight excluding hydrogens is 659 g/mol. The zero-order chi connectivity index (χ0) is 34.7. The van der Waals surface area contributed by atoms with E-state index < -0.39 is 14.2 Å². The molecule has 0 fully saturated rings. The van der Waals surface area contributed by atoms with Gasteiger partial charge in [-0.05, 0) is 104 Å². The van der Waals surface area contributed by atoms with E-state index in [2.05, 4.69) is 186 Å². The van der Waals surface area contributed by atoms with Crippen molar-refractivity contribution in [2.24, 2.45) is 0 Å². The van der Waals surface area contributed by atoms with Crippen molar-refractivity contribution in [1.29, 1.82) is 0 Å². The number of fused-ring (bicyclic) bond motifs is 17. The molecular formula is C49H32N3Si+. The standard InChI is InChI=1S/C49H32N3Si/c1-2-16-31(15-1)53(32-17-3-4-18-32)47-39-29-37-35-21-7-11-25-42(35)49(40-23-9-5-19-33(40)34-20-6-10-24-41(34)49)43-26-12-8-22-36(43)38(37)30-46(39)52-45-28-14-13-27-44(45)50-48(52)51-47/h1-32H/q+1. The summed E-state index contributed by atoms with van der Waals surface area (Å²) >= 11 is 0. The Hall–Kier alpha value is -6.36. The highest BCUT2D eigenvalue weighted by Gasteiger charge is 2.51. The van der Waals surface area contributed by atoms with Gasteiger partial charge in [0, 0.05) is 0 Å². The van der Waals surface area contributed by atoms with Gasteiger partial charge in [-0.3, -0.25) is 4.40 Å². The van der Waals surface area contributed by atoms with Gasteiger partial charge in [0.15, 0.2) is 5.32 Å². The molecule has 4 heteroatoms. The molecule has 0 atom stereocenters. The summed E-state index contributed by atoms with van der Waals surface area (Å²) in [5.41, 5.74) is 16.3. The van der Waals surface area contributed by atoms with E-state index in [0.29, 0.717) is 11.1 Å².